The number of carbonyl (C=O) groups excluding carboxylic acids is 1. The number of methoxy groups -OCH3 is 1. The zero-order chi connectivity index (χ0) is 14.6. The Morgan fingerprint density at radius 1 is 1.40 bits per heavy atom. The van der Waals surface area contributed by atoms with E-state index in [-0.39, 0.29) is 5.41 Å². The van der Waals surface area contributed by atoms with Crippen LogP contribution in [0.2, 0.25) is 0 Å². The summed E-state index contributed by atoms with van der Waals surface area (Å²) < 4.78 is 5.21. The van der Waals surface area contributed by atoms with Crippen LogP contribution >= 0.6 is 0 Å². The van der Waals surface area contributed by atoms with Gasteiger partial charge < -0.3 is 10.5 Å². The first-order valence-electron chi connectivity index (χ1n) is 7.46. The Hall–Kier alpha value is -1.35. The van der Waals surface area contributed by atoms with Crippen molar-refractivity contribution in [3.63, 3.8) is 0 Å². The second-order valence-corrected chi connectivity index (χ2v) is 6.12. The lowest BCUT2D eigenvalue weighted by Gasteiger charge is -2.37. The van der Waals surface area contributed by atoms with Gasteiger partial charge in [0, 0.05) is 18.4 Å². The van der Waals surface area contributed by atoms with E-state index < -0.39 is 0 Å². The molecule has 1 saturated carbocycles. The number of carbonyl (C=O) groups is 1. The Bertz CT molecular complexity index is 462. The predicted molar refractivity (Wildman–Crippen MR) is 80.8 cm³/mol. The highest BCUT2D eigenvalue weighted by Crippen LogP contribution is 2.39. The molecule has 3 heteroatoms. The molecule has 2 N–H and O–H groups in total. The molecule has 0 radical (unpaired) electrons. The molecular formula is C17H25NO2. The van der Waals surface area contributed by atoms with E-state index in [1.807, 2.05) is 24.3 Å². The minimum atomic E-state index is -0.296. The van der Waals surface area contributed by atoms with Gasteiger partial charge in [-0.2, -0.15) is 0 Å². The Morgan fingerprint density at radius 2 is 2.10 bits per heavy atom. The molecule has 1 fully saturated rings. The summed E-state index contributed by atoms with van der Waals surface area (Å²) in [7, 11) is 1.64. The third-order valence-corrected chi connectivity index (χ3v) is 4.71. The maximum absolute atomic E-state index is 12.7. The number of ketones is 1. The zero-order valence-corrected chi connectivity index (χ0v) is 12.5. The molecule has 0 aliphatic heterocycles. The second-order valence-electron chi connectivity index (χ2n) is 6.12. The molecule has 110 valence electrons. The van der Waals surface area contributed by atoms with Gasteiger partial charge in [-0.3, -0.25) is 4.79 Å². The van der Waals surface area contributed by atoms with Crippen molar-refractivity contribution < 1.29 is 9.53 Å². The summed E-state index contributed by atoms with van der Waals surface area (Å²) >= 11 is 0. The molecule has 0 bridgehead atoms. The molecule has 1 aromatic carbocycles. The van der Waals surface area contributed by atoms with Gasteiger partial charge in [0.2, 0.25) is 0 Å². The van der Waals surface area contributed by atoms with Crippen molar-refractivity contribution >= 4 is 5.78 Å². The maximum Gasteiger partial charge on any atom is 0.144 e. The predicted octanol–water partition coefficient (Wildman–Crippen LogP) is 2.96. The largest absolute Gasteiger partial charge is 0.497 e. The summed E-state index contributed by atoms with van der Waals surface area (Å²) in [5, 5.41) is 0. The summed E-state index contributed by atoms with van der Waals surface area (Å²) in [5.74, 6) is 1.81. The van der Waals surface area contributed by atoms with Gasteiger partial charge in [0.1, 0.15) is 11.5 Å². The Morgan fingerprint density at radius 3 is 2.70 bits per heavy atom. The van der Waals surface area contributed by atoms with Gasteiger partial charge in [0.15, 0.2) is 0 Å². The third-order valence-electron chi connectivity index (χ3n) is 4.71. The van der Waals surface area contributed by atoms with E-state index in [2.05, 4.69) is 6.92 Å². The Balaban J connectivity index is 2.09. The first-order chi connectivity index (χ1) is 9.59. The smallest absolute Gasteiger partial charge is 0.144 e. The van der Waals surface area contributed by atoms with Crippen molar-refractivity contribution in [2.24, 2.45) is 17.1 Å². The van der Waals surface area contributed by atoms with Crippen LogP contribution in [0, 0.1) is 11.3 Å². The molecule has 0 spiro atoms. The number of hydrogen-bond donors (Lipinski definition) is 1. The lowest BCUT2D eigenvalue weighted by atomic mass is 9.67. The second kappa shape index (κ2) is 6.40. The minimum Gasteiger partial charge on any atom is -0.497 e. The molecule has 0 heterocycles. The van der Waals surface area contributed by atoms with Crippen molar-refractivity contribution in [1.29, 1.82) is 0 Å². The average molecular weight is 275 g/mol. The summed E-state index contributed by atoms with van der Waals surface area (Å²) in [6.07, 6.45) is 4.56. The number of hydrogen-bond acceptors (Lipinski definition) is 3. The van der Waals surface area contributed by atoms with E-state index >= 15 is 0 Å². The van der Waals surface area contributed by atoms with Crippen molar-refractivity contribution in [2.75, 3.05) is 13.7 Å². The van der Waals surface area contributed by atoms with E-state index in [9.17, 15) is 4.79 Å². The van der Waals surface area contributed by atoms with Crippen LogP contribution in [-0.4, -0.2) is 19.4 Å². The lowest BCUT2D eigenvalue weighted by Crippen LogP contribution is -2.42. The number of benzene rings is 1. The Labute approximate surface area is 121 Å². The standard InChI is InChI=1S/C17H25NO2/c1-13-6-8-17(12-18,9-7-13)16(19)11-14-4-3-5-15(10-14)20-2/h3-5,10,13H,6-9,11-12,18H2,1-2H3. The Kier molecular flexibility index (Phi) is 4.81. The highest BCUT2D eigenvalue weighted by atomic mass is 16.5. The third kappa shape index (κ3) is 3.21. The molecule has 1 aliphatic rings. The molecule has 2 rings (SSSR count). The summed E-state index contributed by atoms with van der Waals surface area (Å²) in [6, 6.07) is 7.75. The van der Waals surface area contributed by atoms with E-state index in [0.29, 0.717) is 18.7 Å². The first kappa shape index (κ1) is 15.0. The number of nitrogens with two attached hydrogens (primary N) is 1. The molecular weight excluding hydrogens is 250 g/mol. The van der Waals surface area contributed by atoms with Crippen LogP contribution in [0.5, 0.6) is 5.75 Å². The first-order valence-corrected chi connectivity index (χ1v) is 7.46. The van der Waals surface area contributed by atoms with Gasteiger partial charge in [0.05, 0.1) is 7.11 Å². The van der Waals surface area contributed by atoms with Crippen molar-refractivity contribution in [3.05, 3.63) is 29.8 Å². The van der Waals surface area contributed by atoms with Gasteiger partial charge >= 0.3 is 0 Å². The summed E-state index contributed by atoms with van der Waals surface area (Å²) in [6.45, 7) is 2.73. The van der Waals surface area contributed by atoms with Crippen LogP contribution in [0.1, 0.15) is 38.2 Å². The average Bonchev–Trinajstić information content (AvgIpc) is 2.48. The van der Waals surface area contributed by atoms with E-state index in [1.165, 1.54) is 0 Å². The summed E-state index contributed by atoms with van der Waals surface area (Å²) in [4.78, 5) is 12.7. The van der Waals surface area contributed by atoms with Crippen molar-refractivity contribution in [3.8, 4) is 5.75 Å². The molecule has 0 unspecified atom stereocenters. The van der Waals surface area contributed by atoms with Gasteiger partial charge in [-0.25, -0.2) is 0 Å². The molecule has 1 aliphatic carbocycles. The number of Topliss-reactive ketones (excluding diaryl/α,β-unsaturated/α-hetero) is 1. The highest BCUT2D eigenvalue weighted by molar-refractivity contribution is 5.87. The van der Waals surface area contributed by atoms with Crippen molar-refractivity contribution in [2.45, 2.75) is 39.0 Å². The summed E-state index contributed by atoms with van der Waals surface area (Å²) in [5.41, 5.74) is 6.67. The molecule has 3 nitrogen and oxygen atoms in total. The van der Waals surface area contributed by atoms with E-state index in [4.69, 9.17) is 10.5 Å². The fourth-order valence-electron chi connectivity index (χ4n) is 3.07. The van der Waals surface area contributed by atoms with Crippen LogP contribution in [0.25, 0.3) is 0 Å². The van der Waals surface area contributed by atoms with Gasteiger partial charge in [-0.1, -0.05) is 19.1 Å². The van der Waals surface area contributed by atoms with Gasteiger partial charge in [-0.15, -0.1) is 0 Å². The monoisotopic (exact) mass is 275 g/mol. The van der Waals surface area contributed by atoms with Crippen LogP contribution in [0.3, 0.4) is 0 Å². The topological polar surface area (TPSA) is 52.3 Å². The fraction of sp³-hybridized carbons (Fsp3) is 0.588. The molecule has 20 heavy (non-hydrogen) atoms. The molecule has 1 aromatic rings. The lowest BCUT2D eigenvalue weighted by molar-refractivity contribution is -0.129. The van der Waals surface area contributed by atoms with Crippen molar-refractivity contribution in [1.82, 2.24) is 0 Å². The van der Waals surface area contributed by atoms with Crippen LogP contribution in [0.15, 0.2) is 24.3 Å². The molecule has 0 amide bonds. The number of rotatable bonds is 5. The number of ether oxygens (including phenoxy) is 1. The fourth-order valence-corrected chi connectivity index (χ4v) is 3.07. The molecule has 0 atom stereocenters. The van der Waals surface area contributed by atoms with Gasteiger partial charge in [-0.05, 0) is 49.3 Å². The zero-order valence-electron chi connectivity index (χ0n) is 12.5. The van der Waals surface area contributed by atoms with Gasteiger partial charge in [0.25, 0.3) is 0 Å². The van der Waals surface area contributed by atoms with Crippen LogP contribution in [-0.2, 0) is 11.2 Å². The quantitative estimate of drug-likeness (QED) is 0.899. The van der Waals surface area contributed by atoms with E-state index in [1.54, 1.807) is 7.11 Å². The van der Waals surface area contributed by atoms with Crippen LogP contribution in [0.4, 0.5) is 0 Å². The van der Waals surface area contributed by atoms with E-state index in [0.717, 1.165) is 42.9 Å². The maximum atomic E-state index is 12.7. The highest BCUT2D eigenvalue weighted by Gasteiger charge is 2.39. The SMILES string of the molecule is COc1cccc(CC(=O)C2(CN)CCC(C)CC2)c1. The normalized spacial score (nSPS) is 26.2. The molecule has 0 saturated heterocycles. The van der Waals surface area contributed by atoms with Crippen LogP contribution < -0.4 is 10.5 Å². The minimum absolute atomic E-state index is 0.292. The molecule has 0 aromatic heterocycles.